The first-order chi connectivity index (χ1) is 9.19. The van der Waals surface area contributed by atoms with Gasteiger partial charge in [0.25, 0.3) is 11.7 Å². The Kier molecular flexibility index (Phi) is 3.25. The van der Waals surface area contributed by atoms with E-state index in [0.717, 1.165) is 24.1 Å². The zero-order chi connectivity index (χ0) is 13.5. The van der Waals surface area contributed by atoms with Crippen LogP contribution in [0.5, 0.6) is 0 Å². The Balaban J connectivity index is 2.12. The lowest BCUT2D eigenvalue weighted by Gasteiger charge is -2.32. The van der Waals surface area contributed by atoms with Crippen LogP contribution in [0, 0.1) is 0 Å². The second-order valence-corrected chi connectivity index (χ2v) is 5.22. The van der Waals surface area contributed by atoms with Crippen molar-refractivity contribution in [2.45, 2.75) is 25.6 Å². The molecule has 4 nitrogen and oxygen atoms in total. The van der Waals surface area contributed by atoms with Crippen molar-refractivity contribution in [3.63, 3.8) is 0 Å². The number of rotatable bonds is 2. The zero-order valence-electron chi connectivity index (χ0n) is 10.8. The molecule has 5 heteroatoms. The third-order valence-electron chi connectivity index (χ3n) is 3.48. The van der Waals surface area contributed by atoms with Crippen LogP contribution in [0.4, 0.5) is 5.69 Å². The maximum absolute atomic E-state index is 12.7. The first kappa shape index (κ1) is 12.9. The van der Waals surface area contributed by atoms with Crippen molar-refractivity contribution in [2.75, 3.05) is 24.7 Å². The first-order valence-corrected chi connectivity index (χ1v) is 6.97. The summed E-state index contributed by atoms with van der Waals surface area (Å²) in [7, 11) is 0. The molecule has 2 aliphatic heterocycles. The summed E-state index contributed by atoms with van der Waals surface area (Å²) in [5.74, 6) is -1.40. The quantitative estimate of drug-likeness (QED) is 0.837. The van der Waals surface area contributed by atoms with Gasteiger partial charge in [0, 0.05) is 17.1 Å². The van der Waals surface area contributed by atoms with Crippen LogP contribution >= 0.6 is 11.6 Å². The van der Waals surface area contributed by atoms with E-state index in [1.165, 1.54) is 0 Å². The van der Waals surface area contributed by atoms with E-state index in [1.54, 1.807) is 17.0 Å². The second kappa shape index (κ2) is 4.78. The van der Waals surface area contributed by atoms with Gasteiger partial charge in [0.05, 0.1) is 18.9 Å². The smallest absolute Gasteiger partial charge is 0.292 e. The molecule has 1 spiro atoms. The maximum atomic E-state index is 12.7. The van der Waals surface area contributed by atoms with Gasteiger partial charge in [-0.15, -0.1) is 0 Å². The molecule has 1 amide bonds. The number of ether oxygens (including phenoxy) is 2. The normalized spacial score (nSPS) is 20.9. The molecule has 1 saturated heterocycles. The van der Waals surface area contributed by atoms with Crippen LogP contribution in [0.3, 0.4) is 0 Å². The van der Waals surface area contributed by atoms with Crippen LogP contribution in [0.2, 0.25) is 5.02 Å². The molecule has 3 rings (SSSR count). The zero-order valence-corrected chi connectivity index (χ0v) is 11.6. The largest absolute Gasteiger partial charge is 0.338 e. The van der Waals surface area contributed by atoms with E-state index in [-0.39, 0.29) is 5.91 Å². The lowest BCUT2D eigenvalue weighted by Crippen LogP contribution is -2.47. The molecule has 1 aromatic carbocycles. The van der Waals surface area contributed by atoms with Crippen LogP contribution in [0.25, 0.3) is 0 Å². The fourth-order valence-electron chi connectivity index (χ4n) is 2.67. The first-order valence-electron chi connectivity index (χ1n) is 6.59. The van der Waals surface area contributed by atoms with E-state index in [9.17, 15) is 4.79 Å². The van der Waals surface area contributed by atoms with Crippen molar-refractivity contribution in [3.8, 4) is 0 Å². The third-order valence-corrected chi connectivity index (χ3v) is 3.71. The second-order valence-electron chi connectivity index (χ2n) is 4.79. The SMILES string of the molecule is CCCN1C(=O)C2(OCCCO2)c2cc(Cl)ccc21. The number of benzene rings is 1. The molecule has 1 aromatic rings. The Morgan fingerprint density at radius 3 is 2.79 bits per heavy atom. The van der Waals surface area contributed by atoms with E-state index in [1.807, 2.05) is 13.0 Å². The van der Waals surface area contributed by atoms with Gasteiger partial charge in [-0.25, -0.2) is 0 Å². The van der Waals surface area contributed by atoms with Crippen LogP contribution in [0.15, 0.2) is 18.2 Å². The lowest BCUT2D eigenvalue weighted by molar-refractivity contribution is -0.256. The molecule has 0 radical (unpaired) electrons. The Morgan fingerprint density at radius 1 is 1.37 bits per heavy atom. The van der Waals surface area contributed by atoms with Crippen molar-refractivity contribution in [1.29, 1.82) is 0 Å². The van der Waals surface area contributed by atoms with Crippen LogP contribution in [-0.4, -0.2) is 25.7 Å². The Morgan fingerprint density at radius 2 is 2.11 bits per heavy atom. The summed E-state index contributed by atoms with van der Waals surface area (Å²) in [6, 6.07) is 5.43. The number of amides is 1. The molecule has 0 unspecified atom stereocenters. The van der Waals surface area contributed by atoms with E-state index in [2.05, 4.69) is 0 Å². The summed E-state index contributed by atoms with van der Waals surface area (Å²) in [4.78, 5) is 14.4. The molecule has 1 fully saturated rings. The van der Waals surface area contributed by atoms with Gasteiger partial charge in [0.1, 0.15) is 0 Å². The predicted molar refractivity (Wildman–Crippen MR) is 72.3 cm³/mol. The summed E-state index contributed by atoms with van der Waals surface area (Å²) < 4.78 is 11.4. The van der Waals surface area contributed by atoms with Gasteiger partial charge in [-0.1, -0.05) is 18.5 Å². The standard InChI is InChI=1S/C14H16ClNO3/c1-2-6-16-12-5-4-10(15)9-11(12)14(13(16)17)18-7-3-8-19-14/h4-5,9H,2-3,6-8H2,1H3. The highest BCUT2D eigenvalue weighted by Gasteiger charge is 2.54. The number of hydrogen-bond acceptors (Lipinski definition) is 3. The van der Waals surface area contributed by atoms with E-state index in [4.69, 9.17) is 21.1 Å². The van der Waals surface area contributed by atoms with Crippen molar-refractivity contribution in [1.82, 2.24) is 0 Å². The van der Waals surface area contributed by atoms with Gasteiger partial charge >= 0.3 is 0 Å². The minimum Gasteiger partial charge on any atom is -0.338 e. The molecule has 0 aromatic heterocycles. The van der Waals surface area contributed by atoms with Gasteiger partial charge < -0.3 is 14.4 Å². The molecular formula is C14H16ClNO3. The Hall–Kier alpha value is -1.10. The number of fused-ring (bicyclic) bond motifs is 2. The fourth-order valence-corrected chi connectivity index (χ4v) is 2.84. The van der Waals surface area contributed by atoms with Crippen LogP contribution < -0.4 is 4.90 Å². The molecule has 2 heterocycles. The lowest BCUT2D eigenvalue weighted by atomic mass is 10.1. The van der Waals surface area contributed by atoms with E-state index >= 15 is 0 Å². The average molecular weight is 282 g/mol. The maximum Gasteiger partial charge on any atom is 0.292 e. The van der Waals surface area contributed by atoms with Crippen LogP contribution in [0.1, 0.15) is 25.3 Å². The minimum atomic E-state index is -1.27. The summed E-state index contributed by atoms with van der Waals surface area (Å²) in [6.07, 6.45) is 1.68. The van der Waals surface area contributed by atoms with E-state index in [0.29, 0.717) is 24.8 Å². The number of nitrogens with zero attached hydrogens (tertiary/aromatic N) is 1. The molecule has 19 heavy (non-hydrogen) atoms. The number of halogens is 1. The molecule has 0 saturated carbocycles. The number of carbonyl (C=O) groups is 1. The number of anilines is 1. The summed E-state index contributed by atoms with van der Waals surface area (Å²) >= 11 is 6.06. The number of carbonyl (C=O) groups excluding carboxylic acids is 1. The molecule has 0 bridgehead atoms. The van der Waals surface area contributed by atoms with Gasteiger partial charge in [-0.3, -0.25) is 4.79 Å². The fraction of sp³-hybridized carbons (Fsp3) is 0.500. The average Bonchev–Trinajstić information content (AvgIpc) is 2.64. The van der Waals surface area contributed by atoms with E-state index < -0.39 is 5.79 Å². The van der Waals surface area contributed by atoms with Crippen molar-refractivity contribution in [3.05, 3.63) is 28.8 Å². The summed E-state index contributed by atoms with van der Waals surface area (Å²) in [5, 5.41) is 0.585. The molecule has 2 aliphatic rings. The van der Waals surface area contributed by atoms with Crippen molar-refractivity contribution >= 4 is 23.2 Å². The van der Waals surface area contributed by atoms with Gasteiger partial charge in [-0.2, -0.15) is 0 Å². The molecular weight excluding hydrogens is 266 g/mol. The van der Waals surface area contributed by atoms with Crippen molar-refractivity contribution in [2.24, 2.45) is 0 Å². The third kappa shape index (κ3) is 1.86. The summed E-state index contributed by atoms with van der Waals surface area (Å²) in [5.41, 5.74) is 1.58. The molecule has 102 valence electrons. The number of hydrogen-bond donors (Lipinski definition) is 0. The van der Waals surface area contributed by atoms with Gasteiger partial charge in [0.15, 0.2) is 0 Å². The Bertz CT molecular complexity index is 511. The highest BCUT2D eigenvalue weighted by atomic mass is 35.5. The topological polar surface area (TPSA) is 38.8 Å². The van der Waals surface area contributed by atoms with Gasteiger partial charge in [0.2, 0.25) is 0 Å². The summed E-state index contributed by atoms with van der Waals surface area (Å²) in [6.45, 7) is 3.74. The highest BCUT2D eigenvalue weighted by Crippen LogP contribution is 2.46. The highest BCUT2D eigenvalue weighted by molar-refractivity contribution is 6.31. The van der Waals surface area contributed by atoms with Crippen molar-refractivity contribution < 1.29 is 14.3 Å². The minimum absolute atomic E-state index is 0.133. The molecule has 0 N–H and O–H groups in total. The molecule has 0 aliphatic carbocycles. The predicted octanol–water partition coefficient (Wildman–Crippen LogP) is 2.69. The monoisotopic (exact) mass is 281 g/mol. The van der Waals surface area contributed by atoms with Crippen LogP contribution in [-0.2, 0) is 20.1 Å². The molecule has 0 atom stereocenters. The Labute approximate surface area is 117 Å². The van der Waals surface area contributed by atoms with Gasteiger partial charge in [-0.05, 0) is 31.0 Å².